The molecule has 31 heavy (non-hydrogen) atoms. The van der Waals surface area contributed by atoms with Gasteiger partial charge in [0.05, 0.1) is 11.6 Å². The van der Waals surface area contributed by atoms with Gasteiger partial charge < -0.3 is 15.2 Å². The number of ether oxygens (including phenoxy) is 1. The van der Waals surface area contributed by atoms with Crippen LogP contribution in [0.2, 0.25) is 0 Å². The number of halogens is 4. The Hall–Kier alpha value is -4.15. The number of benzene rings is 2. The summed E-state index contributed by atoms with van der Waals surface area (Å²) in [6, 6.07) is 11.4. The van der Waals surface area contributed by atoms with Gasteiger partial charge in [-0.25, -0.2) is 22.4 Å². The SMILES string of the molecule is O=C(O)c1c(F)c(F)c(F)c(F)c1C(=O)Nc1ccc(OCc2ccccc2)[n+](O)c1. The van der Waals surface area contributed by atoms with E-state index in [0.717, 1.165) is 11.8 Å². The van der Waals surface area contributed by atoms with Crippen LogP contribution in [0.3, 0.4) is 0 Å². The van der Waals surface area contributed by atoms with Crippen LogP contribution in [0, 0.1) is 23.3 Å². The average molecular weight is 437 g/mol. The number of carboxylic acids is 1. The van der Waals surface area contributed by atoms with Crippen molar-refractivity contribution >= 4 is 17.6 Å². The predicted octanol–water partition coefficient (Wildman–Crippen LogP) is 3.30. The molecule has 0 aliphatic rings. The maximum atomic E-state index is 14.0. The zero-order valence-corrected chi connectivity index (χ0v) is 15.4. The fourth-order valence-corrected chi connectivity index (χ4v) is 2.63. The number of anilines is 1. The normalized spacial score (nSPS) is 10.6. The molecule has 3 N–H and O–H groups in total. The first-order valence-corrected chi connectivity index (χ1v) is 8.53. The molecular formula is C20H13F4N2O5+. The molecule has 2 aromatic carbocycles. The highest BCUT2D eigenvalue weighted by Crippen LogP contribution is 2.25. The molecule has 1 aromatic heterocycles. The number of hydrogen-bond donors (Lipinski definition) is 3. The lowest BCUT2D eigenvalue weighted by molar-refractivity contribution is -0.906. The fraction of sp³-hybridized carbons (Fsp3) is 0.0500. The van der Waals surface area contributed by atoms with E-state index in [1.165, 1.54) is 12.1 Å². The highest BCUT2D eigenvalue weighted by molar-refractivity contribution is 6.11. The molecule has 160 valence electrons. The first kappa shape index (κ1) is 21.6. The van der Waals surface area contributed by atoms with Crippen molar-refractivity contribution in [3.8, 4) is 5.88 Å². The number of nitrogens with zero attached hydrogens (tertiary/aromatic N) is 1. The van der Waals surface area contributed by atoms with Crippen molar-refractivity contribution in [2.45, 2.75) is 6.61 Å². The van der Waals surface area contributed by atoms with Crippen molar-refractivity contribution in [3.05, 3.63) is 88.6 Å². The summed E-state index contributed by atoms with van der Waals surface area (Å²) in [6.07, 6.45) is 0.910. The standard InChI is InChI=1S/C20H12F4N2O5/c21-15-13(14(20(28)29)16(22)18(24)17(15)23)19(27)25-11-6-7-12(26(30)8-11)31-9-10-4-2-1-3-5-10/h1-8H,9H2,(H2-,25,27,28,29,30)/p+1. The minimum Gasteiger partial charge on any atom is -0.478 e. The molecule has 3 rings (SSSR count). The van der Waals surface area contributed by atoms with Crippen molar-refractivity contribution in [3.63, 3.8) is 0 Å². The molecule has 0 radical (unpaired) electrons. The highest BCUT2D eigenvalue weighted by atomic mass is 19.2. The molecule has 1 amide bonds. The summed E-state index contributed by atoms with van der Waals surface area (Å²) in [5.41, 5.74) is -2.62. The van der Waals surface area contributed by atoms with E-state index in [0.29, 0.717) is 4.73 Å². The van der Waals surface area contributed by atoms with Crippen LogP contribution >= 0.6 is 0 Å². The second-order valence-corrected chi connectivity index (χ2v) is 6.14. The van der Waals surface area contributed by atoms with Crippen LogP contribution in [0.4, 0.5) is 23.2 Å². The van der Waals surface area contributed by atoms with E-state index in [9.17, 15) is 32.4 Å². The number of pyridine rings is 1. The van der Waals surface area contributed by atoms with Crippen molar-refractivity contribution in [2.75, 3.05) is 5.32 Å². The molecule has 0 saturated carbocycles. The van der Waals surface area contributed by atoms with Gasteiger partial charge in [-0.1, -0.05) is 30.3 Å². The molecule has 11 heteroatoms. The molecule has 3 aromatic rings. The van der Waals surface area contributed by atoms with Crippen molar-refractivity contribution < 1.29 is 46.9 Å². The Morgan fingerprint density at radius 3 is 2.10 bits per heavy atom. The van der Waals surface area contributed by atoms with Crippen LogP contribution in [0.1, 0.15) is 26.3 Å². The summed E-state index contributed by atoms with van der Waals surface area (Å²) in [7, 11) is 0. The number of aromatic nitrogens is 1. The summed E-state index contributed by atoms with van der Waals surface area (Å²) < 4.78 is 60.6. The second kappa shape index (κ2) is 8.69. The minimum absolute atomic E-state index is 0.0434. The number of carboxylic acid groups (broad SMARTS) is 1. The maximum absolute atomic E-state index is 14.0. The van der Waals surface area contributed by atoms with Gasteiger partial charge in [0.25, 0.3) is 5.91 Å². The molecule has 0 fully saturated rings. The Balaban J connectivity index is 1.84. The van der Waals surface area contributed by atoms with Gasteiger partial charge in [-0.3, -0.25) is 10.0 Å². The van der Waals surface area contributed by atoms with Gasteiger partial charge in [0.2, 0.25) is 6.20 Å². The number of aromatic carboxylic acids is 1. The zero-order valence-electron chi connectivity index (χ0n) is 15.4. The van der Waals surface area contributed by atoms with Crippen LogP contribution in [0.15, 0.2) is 48.7 Å². The van der Waals surface area contributed by atoms with E-state index in [1.54, 1.807) is 24.3 Å². The number of nitrogens with one attached hydrogen (secondary N) is 1. The van der Waals surface area contributed by atoms with E-state index in [-0.39, 0.29) is 18.2 Å². The maximum Gasteiger partial charge on any atom is 0.417 e. The Morgan fingerprint density at radius 1 is 0.903 bits per heavy atom. The van der Waals surface area contributed by atoms with Gasteiger partial charge in [0, 0.05) is 4.73 Å². The molecule has 1 heterocycles. The quantitative estimate of drug-likeness (QED) is 0.181. The third-order valence-electron chi connectivity index (χ3n) is 4.09. The number of hydrogen-bond acceptors (Lipinski definition) is 4. The summed E-state index contributed by atoms with van der Waals surface area (Å²) >= 11 is 0. The topological polar surface area (TPSA) is 99.7 Å². The number of rotatable bonds is 6. The van der Waals surface area contributed by atoms with E-state index in [1.807, 2.05) is 11.4 Å². The Bertz CT molecular complexity index is 1170. The lowest BCUT2D eigenvalue weighted by atomic mass is 10.0. The molecule has 0 spiro atoms. The van der Waals surface area contributed by atoms with Gasteiger partial charge in [-0.2, -0.15) is 0 Å². The molecule has 0 saturated heterocycles. The van der Waals surface area contributed by atoms with E-state index < -0.39 is 46.3 Å². The van der Waals surface area contributed by atoms with Gasteiger partial charge in [0.1, 0.15) is 17.9 Å². The monoisotopic (exact) mass is 437 g/mol. The lowest BCUT2D eigenvalue weighted by Crippen LogP contribution is -2.33. The molecular weight excluding hydrogens is 424 g/mol. The van der Waals surface area contributed by atoms with Gasteiger partial charge in [-0.15, -0.1) is 0 Å². The molecule has 0 atom stereocenters. The Morgan fingerprint density at radius 2 is 1.52 bits per heavy atom. The smallest absolute Gasteiger partial charge is 0.417 e. The van der Waals surface area contributed by atoms with Gasteiger partial charge in [0.15, 0.2) is 23.3 Å². The van der Waals surface area contributed by atoms with Crippen molar-refractivity contribution in [1.82, 2.24) is 0 Å². The van der Waals surface area contributed by atoms with Crippen LogP contribution in [-0.2, 0) is 6.61 Å². The molecule has 7 nitrogen and oxygen atoms in total. The average Bonchev–Trinajstić information content (AvgIpc) is 2.74. The van der Waals surface area contributed by atoms with Gasteiger partial charge >= 0.3 is 11.8 Å². The molecule has 0 unspecified atom stereocenters. The second-order valence-electron chi connectivity index (χ2n) is 6.14. The first-order valence-electron chi connectivity index (χ1n) is 8.53. The summed E-state index contributed by atoms with van der Waals surface area (Å²) in [5.74, 6) is -12.9. The Labute approximate surface area is 171 Å². The first-order chi connectivity index (χ1) is 14.7. The largest absolute Gasteiger partial charge is 0.478 e. The van der Waals surface area contributed by atoms with Gasteiger partial charge in [-0.05, 0) is 11.6 Å². The van der Waals surface area contributed by atoms with Crippen molar-refractivity contribution in [1.29, 1.82) is 0 Å². The minimum atomic E-state index is -2.36. The van der Waals surface area contributed by atoms with Crippen LogP contribution in [0.25, 0.3) is 0 Å². The van der Waals surface area contributed by atoms with Crippen LogP contribution in [-0.4, -0.2) is 22.2 Å². The molecule has 0 aliphatic carbocycles. The highest BCUT2D eigenvalue weighted by Gasteiger charge is 2.33. The molecule has 0 bridgehead atoms. The van der Waals surface area contributed by atoms with E-state index >= 15 is 0 Å². The zero-order chi connectivity index (χ0) is 22.7. The summed E-state index contributed by atoms with van der Waals surface area (Å²) in [4.78, 5) is 23.5. The number of carbonyl (C=O) groups is 2. The summed E-state index contributed by atoms with van der Waals surface area (Å²) in [6.45, 7) is 0.106. The molecule has 0 aliphatic heterocycles. The third-order valence-corrected chi connectivity index (χ3v) is 4.09. The Kier molecular flexibility index (Phi) is 6.05. The van der Waals surface area contributed by atoms with Crippen molar-refractivity contribution in [2.24, 2.45) is 0 Å². The summed E-state index contributed by atoms with van der Waals surface area (Å²) in [5, 5.41) is 21.0. The van der Waals surface area contributed by atoms with E-state index in [4.69, 9.17) is 9.84 Å². The number of carbonyl (C=O) groups excluding carboxylic acids is 1. The predicted molar refractivity (Wildman–Crippen MR) is 95.8 cm³/mol. The van der Waals surface area contributed by atoms with Crippen LogP contribution in [0.5, 0.6) is 5.88 Å². The fourth-order valence-electron chi connectivity index (χ4n) is 2.63. The van der Waals surface area contributed by atoms with E-state index in [2.05, 4.69) is 0 Å². The van der Waals surface area contributed by atoms with Crippen LogP contribution < -0.4 is 14.8 Å². The third kappa shape index (κ3) is 4.39. The number of amides is 1. The lowest BCUT2D eigenvalue weighted by Gasteiger charge is -2.11.